The molecule has 1 N–H and O–H groups in total. The standard InChI is InChI=1S/C19H22FN7O2/c1-12-8-16-25(2)19(29)15(6-7-27(16)23-12)22-18(28)17-21-11-26(24-17)10-13-4-3-5-14(20)9-13/h3-5,9,11,15-16H,6-8,10H2,1-2H3,(H,22,28)/t15-,16?/m0/s1. The smallest absolute Gasteiger partial charge is 0.291 e. The van der Waals surface area contributed by atoms with E-state index in [9.17, 15) is 14.0 Å². The first-order valence-corrected chi connectivity index (χ1v) is 9.43. The minimum Gasteiger partial charge on any atom is -0.337 e. The number of nitrogens with zero attached hydrogens (tertiary/aromatic N) is 6. The van der Waals surface area contributed by atoms with Gasteiger partial charge in [-0.05, 0) is 31.0 Å². The van der Waals surface area contributed by atoms with Crippen LogP contribution in [0, 0.1) is 5.82 Å². The Labute approximate surface area is 167 Å². The number of amides is 2. The third-order valence-electron chi connectivity index (χ3n) is 5.14. The normalized spacial score (nSPS) is 21.6. The van der Waals surface area contributed by atoms with Crippen molar-refractivity contribution in [1.82, 2.24) is 30.0 Å². The molecule has 1 fully saturated rings. The predicted molar refractivity (Wildman–Crippen MR) is 102 cm³/mol. The van der Waals surface area contributed by atoms with E-state index in [2.05, 4.69) is 20.5 Å². The lowest BCUT2D eigenvalue weighted by molar-refractivity contribution is -0.135. The van der Waals surface area contributed by atoms with Crippen LogP contribution in [-0.2, 0) is 11.3 Å². The fraction of sp³-hybridized carbons (Fsp3) is 0.421. The van der Waals surface area contributed by atoms with Gasteiger partial charge in [-0.15, -0.1) is 5.10 Å². The van der Waals surface area contributed by atoms with Crippen molar-refractivity contribution in [3.63, 3.8) is 0 Å². The molecule has 1 aromatic carbocycles. The molecular weight excluding hydrogens is 377 g/mol. The summed E-state index contributed by atoms with van der Waals surface area (Å²) >= 11 is 0. The maximum Gasteiger partial charge on any atom is 0.291 e. The van der Waals surface area contributed by atoms with Crippen molar-refractivity contribution in [3.05, 3.63) is 47.8 Å². The summed E-state index contributed by atoms with van der Waals surface area (Å²) in [5.74, 6) is -1.04. The largest absolute Gasteiger partial charge is 0.337 e. The number of carbonyl (C=O) groups is 2. The predicted octanol–water partition coefficient (Wildman–Crippen LogP) is 0.834. The molecule has 10 heteroatoms. The van der Waals surface area contributed by atoms with Crippen LogP contribution >= 0.6 is 0 Å². The van der Waals surface area contributed by atoms with Gasteiger partial charge in [0.1, 0.15) is 24.4 Å². The first-order chi connectivity index (χ1) is 13.9. The van der Waals surface area contributed by atoms with Gasteiger partial charge in [0, 0.05) is 25.7 Å². The average Bonchev–Trinajstić information content (AvgIpc) is 3.28. The Balaban J connectivity index is 1.41. The van der Waals surface area contributed by atoms with Gasteiger partial charge in [-0.2, -0.15) is 5.10 Å². The minimum absolute atomic E-state index is 0.0320. The Kier molecular flexibility index (Phi) is 4.99. The molecule has 0 bridgehead atoms. The third kappa shape index (κ3) is 3.96. The van der Waals surface area contributed by atoms with Crippen LogP contribution in [0.15, 0.2) is 35.7 Å². The van der Waals surface area contributed by atoms with Crippen molar-refractivity contribution in [2.45, 2.75) is 38.5 Å². The second kappa shape index (κ2) is 7.61. The number of aromatic nitrogens is 3. The lowest BCUT2D eigenvalue weighted by Gasteiger charge is -2.29. The van der Waals surface area contributed by atoms with Gasteiger partial charge in [-0.25, -0.2) is 14.1 Å². The fourth-order valence-electron chi connectivity index (χ4n) is 3.66. The van der Waals surface area contributed by atoms with E-state index < -0.39 is 11.9 Å². The molecule has 2 amide bonds. The summed E-state index contributed by atoms with van der Waals surface area (Å²) in [6, 6.07) is 5.48. The van der Waals surface area contributed by atoms with Gasteiger partial charge in [0.05, 0.1) is 6.54 Å². The second-order valence-electron chi connectivity index (χ2n) is 7.34. The van der Waals surface area contributed by atoms with E-state index in [0.29, 0.717) is 24.9 Å². The summed E-state index contributed by atoms with van der Waals surface area (Å²) in [4.78, 5) is 31.0. The van der Waals surface area contributed by atoms with Crippen LogP contribution in [0.3, 0.4) is 0 Å². The zero-order chi connectivity index (χ0) is 20.5. The molecule has 2 atom stereocenters. The highest BCUT2D eigenvalue weighted by molar-refractivity contribution is 5.95. The number of hydrogen-bond acceptors (Lipinski definition) is 6. The van der Waals surface area contributed by atoms with Gasteiger partial charge >= 0.3 is 0 Å². The number of hydrogen-bond donors (Lipinski definition) is 1. The summed E-state index contributed by atoms with van der Waals surface area (Å²) < 4.78 is 14.8. The molecule has 3 heterocycles. The third-order valence-corrected chi connectivity index (χ3v) is 5.14. The highest BCUT2D eigenvalue weighted by Gasteiger charge is 2.38. The van der Waals surface area contributed by atoms with E-state index in [0.717, 1.165) is 5.71 Å². The Hall–Kier alpha value is -3.30. The zero-order valence-electron chi connectivity index (χ0n) is 16.2. The molecule has 152 valence electrons. The molecule has 2 aliphatic heterocycles. The first kappa shape index (κ1) is 19.0. The molecular formula is C19H22FN7O2. The Bertz CT molecular complexity index is 973. The topological polar surface area (TPSA) is 95.7 Å². The number of nitrogens with one attached hydrogen (secondary N) is 1. The molecule has 0 aliphatic carbocycles. The quantitative estimate of drug-likeness (QED) is 0.822. The molecule has 0 saturated carbocycles. The van der Waals surface area contributed by atoms with Crippen molar-refractivity contribution in [2.75, 3.05) is 13.6 Å². The van der Waals surface area contributed by atoms with Crippen LogP contribution in [0.1, 0.15) is 35.9 Å². The highest BCUT2D eigenvalue weighted by atomic mass is 19.1. The summed E-state index contributed by atoms with van der Waals surface area (Å²) in [6.45, 7) is 2.81. The number of carbonyl (C=O) groups excluding carboxylic acids is 2. The SMILES string of the molecule is CC1=NN2CC[C@H](NC(=O)c3ncn(Cc4cccc(F)c4)n3)C(=O)N(C)C2C1. The first-order valence-electron chi connectivity index (χ1n) is 9.43. The van der Waals surface area contributed by atoms with Crippen LogP contribution in [-0.4, -0.2) is 68.0 Å². The summed E-state index contributed by atoms with van der Waals surface area (Å²) in [5, 5.41) is 13.2. The molecule has 4 rings (SSSR count). The minimum atomic E-state index is -0.663. The number of fused-ring (bicyclic) bond motifs is 1. The van der Waals surface area contributed by atoms with Gasteiger partial charge < -0.3 is 10.2 Å². The number of hydrazone groups is 1. The van der Waals surface area contributed by atoms with Crippen molar-refractivity contribution in [3.8, 4) is 0 Å². The van der Waals surface area contributed by atoms with Crippen LogP contribution in [0.25, 0.3) is 0 Å². The van der Waals surface area contributed by atoms with Gasteiger partial charge in [0.15, 0.2) is 0 Å². The Morgan fingerprint density at radius 2 is 2.21 bits per heavy atom. The summed E-state index contributed by atoms with van der Waals surface area (Å²) in [6.07, 6.45) is 2.46. The zero-order valence-corrected chi connectivity index (χ0v) is 16.2. The maximum absolute atomic E-state index is 13.3. The molecule has 9 nitrogen and oxygen atoms in total. The lowest BCUT2D eigenvalue weighted by Crippen LogP contribution is -2.49. The summed E-state index contributed by atoms with van der Waals surface area (Å²) in [7, 11) is 1.73. The summed E-state index contributed by atoms with van der Waals surface area (Å²) in [5.41, 5.74) is 1.70. The molecule has 2 aromatic rings. The highest BCUT2D eigenvalue weighted by Crippen LogP contribution is 2.23. The molecule has 29 heavy (non-hydrogen) atoms. The lowest BCUT2D eigenvalue weighted by atomic mass is 10.2. The number of benzene rings is 1. The van der Waals surface area contributed by atoms with E-state index in [1.165, 1.54) is 23.1 Å². The van der Waals surface area contributed by atoms with Gasteiger partial charge in [-0.1, -0.05) is 12.1 Å². The molecule has 0 radical (unpaired) electrons. The fourth-order valence-corrected chi connectivity index (χ4v) is 3.66. The molecule has 1 saturated heterocycles. The second-order valence-corrected chi connectivity index (χ2v) is 7.34. The van der Waals surface area contributed by atoms with E-state index in [-0.39, 0.29) is 30.3 Å². The Morgan fingerprint density at radius 3 is 3.00 bits per heavy atom. The van der Waals surface area contributed by atoms with Gasteiger partial charge in [0.25, 0.3) is 5.91 Å². The number of likely N-dealkylation sites (N-methyl/N-ethyl adjacent to an activating group) is 1. The van der Waals surface area contributed by atoms with Crippen LogP contribution in [0.2, 0.25) is 0 Å². The van der Waals surface area contributed by atoms with E-state index in [1.807, 2.05) is 11.9 Å². The molecule has 0 spiro atoms. The maximum atomic E-state index is 13.3. The van der Waals surface area contributed by atoms with Crippen LogP contribution < -0.4 is 5.32 Å². The Morgan fingerprint density at radius 1 is 1.38 bits per heavy atom. The average molecular weight is 399 g/mol. The monoisotopic (exact) mass is 399 g/mol. The van der Waals surface area contributed by atoms with E-state index in [1.54, 1.807) is 24.1 Å². The molecule has 1 unspecified atom stereocenters. The van der Waals surface area contributed by atoms with Crippen molar-refractivity contribution in [1.29, 1.82) is 0 Å². The van der Waals surface area contributed by atoms with Crippen molar-refractivity contribution in [2.24, 2.45) is 5.10 Å². The molecule has 1 aromatic heterocycles. The van der Waals surface area contributed by atoms with Crippen LogP contribution in [0.4, 0.5) is 4.39 Å². The van der Waals surface area contributed by atoms with Crippen molar-refractivity contribution < 1.29 is 14.0 Å². The number of halogens is 1. The van der Waals surface area contributed by atoms with E-state index >= 15 is 0 Å². The van der Waals surface area contributed by atoms with E-state index in [4.69, 9.17) is 0 Å². The van der Waals surface area contributed by atoms with Gasteiger partial charge in [-0.3, -0.25) is 14.6 Å². The van der Waals surface area contributed by atoms with Crippen LogP contribution in [0.5, 0.6) is 0 Å². The van der Waals surface area contributed by atoms with Gasteiger partial charge in [0.2, 0.25) is 11.7 Å². The van der Waals surface area contributed by atoms with Crippen molar-refractivity contribution >= 4 is 17.5 Å². The molecule has 2 aliphatic rings. The number of rotatable bonds is 4.